The van der Waals surface area contributed by atoms with Gasteiger partial charge in [-0.1, -0.05) is 42.8 Å². The highest BCUT2D eigenvalue weighted by Crippen LogP contribution is 2.15. The third kappa shape index (κ3) is 7.10. The van der Waals surface area contributed by atoms with Crippen molar-refractivity contribution in [1.29, 1.82) is 0 Å². The summed E-state index contributed by atoms with van der Waals surface area (Å²) in [4.78, 5) is 28.1. The van der Waals surface area contributed by atoms with E-state index in [2.05, 4.69) is 12.2 Å². The number of para-hydroxylation sites is 1. The molecule has 0 saturated carbocycles. The topological polar surface area (TPSA) is 63.1 Å². The predicted molar refractivity (Wildman–Crippen MR) is 123 cm³/mol. The zero-order valence-corrected chi connectivity index (χ0v) is 18.7. The molecule has 0 bridgehead atoms. The second-order valence-corrected chi connectivity index (χ2v) is 8.13. The molecule has 1 aliphatic rings. The summed E-state index contributed by atoms with van der Waals surface area (Å²) >= 11 is 0. The smallest absolute Gasteiger partial charge is 0.279 e. The summed E-state index contributed by atoms with van der Waals surface area (Å²) in [5, 5.41) is 3.04. The Kier molecular flexibility index (Phi) is 8.47. The highest BCUT2D eigenvalue weighted by atomic mass is 16.5. The fraction of sp³-hybridized carbons (Fsp3) is 0.440. The van der Waals surface area contributed by atoms with E-state index in [1.807, 2.05) is 60.4 Å². The summed E-state index contributed by atoms with van der Waals surface area (Å²) in [5.41, 5.74) is 3.25. The molecule has 2 N–H and O–H groups in total. The summed E-state index contributed by atoms with van der Waals surface area (Å²) in [6, 6.07) is 15.9. The van der Waals surface area contributed by atoms with Crippen molar-refractivity contribution < 1.29 is 19.2 Å². The molecule has 31 heavy (non-hydrogen) atoms. The molecule has 0 aromatic heterocycles. The summed E-state index contributed by atoms with van der Waals surface area (Å²) in [7, 11) is 0. The van der Waals surface area contributed by atoms with Crippen LogP contribution in [0.15, 0.2) is 48.5 Å². The first-order chi connectivity index (χ1) is 15.0. The first-order valence-corrected chi connectivity index (χ1v) is 11.2. The molecule has 0 aliphatic carbocycles. The lowest BCUT2D eigenvalue weighted by molar-refractivity contribution is -0.895. The van der Waals surface area contributed by atoms with E-state index in [-0.39, 0.29) is 11.8 Å². The first-order valence-electron chi connectivity index (χ1n) is 11.2. The van der Waals surface area contributed by atoms with Crippen molar-refractivity contribution in [3.8, 4) is 5.75 Å². The Morgan fingerprint density at radius 2 is 1.77 bits per heavy atom. The van der Waals surface area contributed by atoms with Crippen molar-refractivity contribution in [2.45, 2.75) is 33.1 Å². The number of carbonyl (C=O) groups is 2. The van der Waals surface area contributed by atoms with Gasteiger partial charge in [0.2, 0.25) is 5.91 Å². The van der Waals surface area contributed by atoms with Crippen molar-refractivity contribution in [3.05, 3.63) is 59.7 Å². The molecule has 0 radical (unpaired) electrons. The number of carbonyl (C=O) groups excluding carboxylic acids is 2. The van der Waals surface area contributed by atoms with Gasteiger partial charge in [-0.15, -0.1) is 0 Å². The summed E-state index contributed by atoms with van der Waals surface area (Å²) in [5.74, 6) is 1.05. The second-order valence-electron chi connectivity index (χ2n) is 8.13. The van der Waals surface area contributed by atoms with E-state index in [4.69, 9.17) is 4.74 Å². The summed E-state index contributed by atoms with van der Waals surface area (Å²) in [6.45, 7) is 8.10. The molecule has 1 heterocycles. The lowest BCUT2D eigenvalue weighted by Gasteiger charge is -2.32. The Morgan fingerprint density at radius 3 is 2.48 bits per heavy atom. The van der Waals surface area contributed by atoms with Gasteiger partial charge >= 0.3 is 0 Å². The molecular weight excluding hydrogens is 390 g/mol. The van der Waals surface area contributed by atoms with Gasteiger partial charge in [0.05, 0.1) is 32.8 Å². The van der Waals surface area contributed by atoms with Crippen molar-refractivity contribution in [2.75, 3.05) is 44.6 Å². The van der Waals surface area contributed by atoms with Crippen molar-refractivity contribution in [1.82, 2.24) is 4.90 Å². The van der Waals surface area contributed by atoms with Crippen LogP contribution in [0.25, 0.3) is 0 Å². The average molecular weight is 425 g/mol. The molecule has 0 spiro atoms. The molecule has 166 valence electrons. The molecule has 0 atom stereocenters. The molecule has 1 aliphatic heterocycles. The molecule has 6 nitrogen and oxygen atoms in total. The number of ether oxygens (including phenoxy) is 1. The Hall–Kier alpha value is -2.86. The van der Waals surface area contributed by atoms with Gasteiger partial charge in [-0.3, -0.25) is 9.59 Å². The van der Waals surface area contributed by atoms with Crippen LogP contribution in [0.1, 0.15) is 30.9 Å². The van der Waals surface area contributed by atoms with Crippen LogP contribution < -0.4 is 15.0 Å². The van der Waals surface area contributed by atoms with E-state index in [0.717, 1.165) is 36.5 Å². The van der Waals surface area contributed by atoms with E-state index in [1.165, 1.54) is 10.5 Å². The summed E-state index contributed by atoms with van der Waals surface area (Å²) in [6.07, 6.45) is 2.09. The van der Waals surface area contributed by atoms with Crippen molar-refractivity contribution in [3.63, 3.8) is 0 Å². The van der Waals surface area contributed by atoms with Crippen LogP contribution in [0.2, 0.25) is 0 Å². The van der Waals surface area contributed by atoms with Crippen LogP contribution in [-0.4, -0.2) is 56.0 Å². The monoisotopic (exact) mass is 424 g/mol. The number of aryl methyl sites for hydroxylation is 2. The molecule has 1 fully saturated rings. The number of hydrogen-bond acceptors (Lipinski definition) is 3. The Morgan fingerprint density at radius 1 is 1.06 bits per heavy atom. The number of benzene rings is 2. The van der Waals surface area contributed by atoms with E-state index >= 15 is 0 Å². The maximum absolute atomic E-state index is 12.5. The minimum absolute atomic E-state index is 0.0314. The Labute approximate surface area is 185 Å². The number of nitrogens with one attached hydrogen (secondary N) is 2. The van der Waals surface area contributed by atoms with Gasteiger partial charge in [0.25, 0.3) is 5.91 Å². The third-order valence-electron chi connectivity index (χ3n) is 5.73. The normalized spacial score (nSPS) is 14.3. The van der Waals surface area contributed by atoms with Gasteiger partial charge in [-0.25, -0.2) is 0 Å². The minimum Gasteiger partial charge on any atom is -0.494 e. The third-order valence-corrected chi connectivity index (χ3v) is 5.73. The van der Waals surface area contributed by atoms with Crippen LogP contribution in [-0.2, 0) is 16.0 Å². The lowest BCUT2D eigenvalue weighted by atomic mass is 10.1. The van der Waals surface area contributed by atoms with Crippen LogP contribution in [0.5, 0.6) is 5.75 Å². The molecule has 2 aromatic carbocycles. The molecule has 2 amide bonds. The maximum atomic E-state index is 12.5. The number of anilines is 1. The highest BCUT2D eigenvalue weighted by molar-refractivity contribution is 5.92. The number of hydrogen-bond donors (Lipinski definition) is 2. The SMILES string of the molecule is CCc1ccccc1NC(=O)C[NH+]1CCN(C(=O)CCCOc2ccc(C)cc2)CC1. The number of piperazine rings is 1. The molecule has 3 rings (SSSR count). The quantitative estimate of drug-likeness (QED) is 0.606. The van der Waals surface area contributed by atoms with Crippen LogP contribution in [0.3, 0.4) is 0 Å². The van der Waals surface area contributed by atoms with Gasteiger partial charge in [0.1, 0.15) is 5.75 Å². The molecular formula is C25H34N3O3+. The predicted octanol–water partition coefficient (Wildman–Crippen LogP) is 2.08. The standard InChI is InChI=1S/C25H33N3O3/c1-3-21-7-4-5-8-23(21)26-24(29)19-27-14-16-28(17-15-27)25(30)9-6-18-31-22-12-10-20(2)11-13-22/h4-5,7-8,10-13H,3,6,9,14-19H2,1-2H3,(H,26,29)/p+1. The minimum atomic E-state index is 0.0314. The van der Waals surface area contributed by atoms with Crippen LogP contribution >= 0.6 is 0 Å². The van der Waals surface area contributed by atoms with Gasteiger partial charge in [0, 0.05) is 12.1 Å². The Balaban J connectivity index is 1.33. The van der Waals surface area contributed by atoms with E-state index in [1.54, 1.807) is 0 Å². The van der Waals surface area contributed by atoms with E-state index in [9.17, 15) is 9.59 Å². The largest absolute Gasteiger partial charge is 0.494 e. The number of rotatable bonds is 9. The molecule has 0 unspecified atom stereocenters. The van der Waals surface area contributed by atoms with E-state index < -0.39 is 0 Å². The highest BCUT2D eigenvalue weighted by Gasteiger charge is 2.25. The molecule has 2 aromatic rings. The zero-order chi connectivity index (χ0) is 22.1. The lowest BCUT2D eigenvalue weighted by Crippen LogP contribution is -3.15. The molecule has 6 heteroatoms. The maximum Gasteiger partial charge on any atom is 0.279 e. The fourth-order valence-corrected chi connectivity index (χ4v) is 3.83. The second kappa shape index (κ2) is 11.5. The first kappa shape index (κ1) is 22.8. The van der Waals surface area contributed by atoms with Crippen molar-refractivity contribution >= 4 is 17.5 Å². The van der Waals surface area contributed by atoms with Gasteiger partial charge in [-0.05, 0) is 43.5 Å². The van der Waals surface area contributed by atoms with Crippen LogP contribution in [0.4, 0.5) is 5.69 Å². The number of amides is 2. The van der Waals surface area contributed by atoms with Gasteiger partial charge in [-0.2, -0.15) is 0 Å². The molecule has 1 saturated heterocycles. The van der Waals surface area contributed by atoms with Gasteiger partial charge < -0.3 is 19.9 Å². The van der Waals surface area contributed by atoms with Gasteiger partial charge in [0.15, 0.2) is 6.54 Å². The average Bonchev–Trinajstić information content (AvgIpc) is 2.78. The number of nitrogens with zero attached hydrogens (tertiary/aromatic N) is 1. The number of quaternary nitrogens is 1. The van der Waals surface area contributed by atoms with Crippen LogP contribution in [0, 0.1) is 6.92 Å². The van der Waals surface area contributed by atoms with Crippen molar-refractivity contribution in [2.24, 2.45) is 0 Å². The fourth-order valence-electron chi connectivity index (χ4n) is 3.83. The van der Waals surface area contributed by atoms with E-state index in [0.29, 0.717) is 39.1 Å². The zero-order valence-electron chi connectivity index (χ0n) is 18.7. The Bertz CT molecular complexity index is 859. The summed E-state index contributed by atoms with van der Waals surface area (Å²) < 4.78 is 5.71.